The van der Waals surface area contributed by atoms with Gasteiger partial charge in [0.2, 0.25) is 0 Å². The number of hydrogen-bond donors (Lipinski definition) is 0. The van der Waals surface area contributed by atoms with Gasteiger partial charge in [-0.2, -0.15) is 0 Å². The highest BCUT2D eigenvalue weighted by atomic mass is 16.1. The second-order valence-corrected chi connectivity index (χ2v) is 4.45. The second-order valence-electron chi connectivity index (χ2n) is 4.45. The Morgan fingerprint density at radius 1 is 1.47 bits per heavy atom. The normalized spacial score (nSPS) is 11.1. The zero-order valence-corrected chi connectivity index (χ0v) is 10.3. The number of aryl methyl sites for hydroxylation is 1. The molecule has 17 heavy (non-hydrogen) atoms. The van der Waals surface area contributed by atoms with Crippen molar-refractivity contribution in [2.75, 3.05) is 0 Å². The minimum absolute atomic E-state index is 0.0284. The van der Waals surface area contributed by atoms with Gasteiger partial charge in [0.25, 0.3) is 0 Å². The molecule has 0 aliphatic carbocycles. The molecular formula is C12H16N4O. The summed E-state index contributed by atoms with van der Waals surface area (Å²) in [6, 6.07) is 1.85. The first-order chi connectivity index (χ1) is 8.08. The third-order valence-corrected chi connectivity index (χ3v) is 2.69. The van der Waals surface area contributed by atoms with Crippen LogP contribution >= 0.6 is 0 Å². The van der Waals surface area contributed by atoms with Crippen molar-refractivity contribution in [1.29, 1.82) is 0 Å². The van der Waals surface area contributed by atoms with Gasteiger partial charge in [0, 0.05) is 30.9 Å². The summed E-state index contributed by atoms with van der Waals surface area (Å²) >= 11 is 0. The van der Waals surface area contributed by atoms with E-state index in [4.69, 9.17) is 0 Å². The van der Waals surface area contributed by atoms with Crippen molar-refractivity contribution in [1.82, 2.24) is 19.3 Å². The van der Waals surface area contributed by atoms with Crippen LogP contribution in [0.4, 0.5) is 0 Å². The summed E-state index contributed by atoms with van der Waals surface area (Å²) in [4.78, 5) is 11.8. The van der Waals surface area contributed by atoms with Crippen molar-refractivity contribution in [2.24, 2.45) is 13.0 Å². The van der Waals surface area contributed by atoms with Crippen molar-refractivity contribution in [2.45, 2.75) is 20.4 Å². The fourth-order valence-electron chi connectivity index (χ4n) is 1.63. The molecule has 0 unspecified atom stereocenters. The molecule has 0 saturated carbocycles. The number of aromatic nitrogens is 4. The van der Waals surface area contributed by atoms with Crippen LogP contribution in [0.3, 0.4) is 0 Å². The molecule has 2 heterocycles. The van der Waals surface area contributed by atoms with Gasteiger partial charge in [0.05, 0.1) is 6.54 Å². The Labute approximate surface area is 100 Å². The van der Waals surface area contributed by atoms with Crippen molar-refractivity contribution in [3.8, 4) is 0 Å². The van der Waals surface area contributed by atoms with E-state index >= 15 is 0 Å². The van der Waals surface area contributed by atoms with Crippen LogP contribution in [0.25, 0.3) is 0 Å². The molecule has 2 rings (SSSR count). The smallest absolute Gasteiger partial charge is 0.166 e. The minimum atomic E-state index is 0.0284. The van der Waals surface area contributed by atoms with Gasteiger partial charge in [-0.25, -0.2) is 0 Å². The molecule has 5 nitrogen and oxygen atoms in total. The van der Waals surface area contributed by atoms with Crippen LogP contribution < -0.4 is 0 Å². The zero-order chi connectivity index (χ0) is 12.4. The predicted molar refractivity (Wildman–Crippen MR) is 63.7 cm³/mol. The largest absolute Gasteiger partial charge is 0.346 e. The minimum Gasteiger partial charge on any atom is -0.346 e. The van der Waals surface area contributed by atoms with Gasteiger partial charge < -0.3 is 9.13 Å². The van der Waals surface area contributed by atoms with E-state index in [2.05, 4.69) is 10.2 Å². The number of rotatable bonds is 4. The molecule has 0 aromatic carbocycles. The van der Waals surface area contributed by atoms with E-state index in [1.54, 1.807) is 6.33 Å². The summed E-state index contributed by atoms with van der Waals surface area (Å²) in [5.41, 5.74) is 0.752. The first-order valence-corrected chi connectivity index (χ1v) is 5.61. The first kappa shape index (κ1) is 11.6. The Morgan fingerprint density at radius 2 is 2.24 bits per heavy atom. The van der Waals surface area contributed by atoms with E-state index in [1.807, 2.05) is 48.5 Å². The van der Waals surface area contributed by atoms with Crippen LogP contribution in [-0.2, 0) is 13.6 Å². The van der Waals surface area contributed by atoms with E-state index in [9.17, 15) is 4.79 Å². The quantitative estimate of drug-likeness (QED) is 0.751. The number of carbonyl (C=O) groups excluding carboxylic acids is 1. The highest BCUT2D eigenvalue weighted by molar-refractivity contribution is 5.97. The summed E-state index contributed by atoms with van der Waals surface area (Å²) in [6.07, 6.45) is 5.42. The third kappa shape index (κ3) is 2.43. The standard InChI is InChI=1S/C12H16N4O/c1-9(2)12(17)10-4-5-16(6-10)7-11-14-13-8-15(11)3/h4-6,8-9H,7H2,1-3H3. The van der Waals surface area contributed by atoms with Crippen molar-refractivity contribution < 1.29 is 4.79 Å². The fraction of sp³-hybridized carbons (Fsp3) is 0.417. The lowest BCUT2D eigenvalue weighted by atomic mass is 10.0. The van der Waals surface area contributed by atoms with Gasteiger partial charge in [-0.05, 0) is 6.07 Å². The zero-order valence-electron chi connectivity index (χ0n) is 10.3. The average molecular weight is 232 g/mol. The number of hydrogen-bond acceptors (Lipinski definition) is 3. The highest BCUT2D eigenvalue weighted by Crippen LogP contribution is 2.10. The maximum Gasteiger partial charge on any atom is 0.166 e. The number of nitrogens with zero attached hydrogens (tertiary/aromatic N) is 4. The van der Waals surface area contributed by atoms with Crippen LogP contribution in [0.1, 0.15) is 30.0 Å². The first-order valence-electron chi connectivity index (χ1n) is 5.61. The maximum atomic E-state index is 11.8. The number of Topliss-reactive ketones (excluding diaryl/α,β-unsaturated/α-hetero) is 1. The maximum absolute atomic E-state index is 11.8. The van der Waals surface area contributed by atoms with Gasteiger partial charge in [-0.3, -0.25) is 4.79 Å². The molecule has 0 atom stereocenters. The number of ketones is 1. The lowest BCUT2D eigenvalue weighted by Gasteiger charge is -2.02. The van der Waals surface area contributed by atoms with Crippen LogP contribution in [-0.4, -0.2) is 25.1 Å². The van der Waals surface area contributed by atoms with Crippen LogP contribution in [0, 0.1) is 5.92 Å². The molecule has 0 aliphatic rings. The highest BCUT2D eigenvalue weighted by Gasteiger charge is 2.12. The Morgan fingerprint density at radius 3 is 2.82 bits per heavy atom. The molecule has 2 aromatic heterocycles. The molecule has 0 bridgehead atoms. The molecule has 0 N–H and O–H groups in total. The summed E-state index contributed by atoms with van der Waals surface area (Å²) < 4.78 is 3.81. The van der Waals surface area contributed by atoms with E-state index < -0.39 is 0 Å². The molecule has 2 aromatic rings. The molecule has 5 heteroatoms. The van der Waals surface area contributed by atoms with Gasteiger partial charge in [0.15, 0.2) is 11.6 Å². The van der Waals surface area contributed by atoms with Gasteiger partial charge in [-0.15, -0.1) is 10.2 Å². The fourth-order valence-corrected chi connectivity index (χ4v) is 1.63. The Bertz CT molecular complexity index is 524. The Kier molecular flexibility index (Phi) is 3.08. The van der Waals surface area contributed by atoms with Gasteiger partial charge in [-0.1, -0.05) is 13.8 Å². The van der Waals surface area contributed by atoms with Gasteiger partial charge in [0.1, 0.15) is 6.33 Å². The lowest BCUT2D eigenvalue weighted by Crippen LogP contribution is -2.07. The van der Waals surface area contributed by atoms with Crippen molar-refractivity contribution in [3.63, 3.8) is 0 Å². The summed E-state index contributed by atoms with van der Waals surface area (Å²) in [6.45, 7) is 4.44. The van der Waals surface area contributed by atoms with Crippen molar-refractivity contribution in [3.05, 3.63) is 36.2 Å². The molecule has 0 fully saturated rings. The molecule has 0 saturated heterocycles. The SMILES string of the molecule is CC(C)C(=O)c1ccn(Cc2nncn2C)c1. The monoisotopic (exact) mass is 232 g/mol. The third-order valence-electron chi connectivity index (χ3n) is 2.69. The number of carbonyl (C=O) groups is 1. The van der Waals surface area contributed by atoms with E-state index in [1.165, 1.54) is 0 Å². The molecular weight excluding hydrogens is 216 g/mol. The summed E-state index contributed by atoms with van der Waals surface area (Å²) in [7, 11) is 1.90. The predicted octanol–water partition coefficient (Wildman–Crippen LogP) is 1.50. The van der Waals surface area contributed by atoms with E-state index in [-0.39, 0.29) is 11.7 Å². The molecule has 0 amide bonds. The second kappa shape index (κ2) is 4.53. The van der Waals surface area contributed by atoms with E-state index in [0.29, 0.717) is 6.54 Å². The summed E-state index contributed by atoms with van der Waals surface area (Å²) in [5.74, 6) is 1.06. The van der Waals surface area contributed by atoms with Crippen LogP contribution in [0.5, 0.6) is 0 Å². The van der Waals surface area contributed by atoms with Crippen molar-refractivity contribution >= 4 is 5.78 Å². The molecule has 0 spiro atoms. The average Bonchev–Trinajstić information content (AvgIpc) is 2.88. The molecule has 0 aliphatic heterocycles. The summed E-state index contributed by atoms with van der Waals surface area (Å²) in [5, 5.41) is 7.83. The van der Waals surface area contributed by atoms with E-state index in [0.717, 1.165) is 11.4 Å². The molecule has 90 valence electrons. The van der Waals surface area contributed by atoms with Crippen LogP contribution in [0.15, 0.2) is 24.8 Å². The molecule has 0 radical (unpaired) electrons. The topological polar surface area (TPSA) is 52.7 Å². The Hall–Kier alpha value is -1.91. The lowest BCUT2D eigenvalue weighted by molar-refractivity contribution is 0.0939. The van der Waals surface area contributed by atoms with Crippen LogP contribution in [0.2, 0.25) is 0 Å². The van der Waals surface area contributed by atoms with Gasteiger partial charge >= 0.3 is 0 Å². The Balaban J connectivity index is 2.14.